The van der Waals surface area contributed by atoms with Crippen molar-refractivity contribution < 1.29 is 0 Å². The largest absolute Gasteiger partial charge is 0.354 e. The molecular formula is C22H28BrN. The van der Waals surface area contributed by atoms with Crippen LogP contribution in [0.15, 0.2) is 40.9 Å². The van der Waals surface area contributed by atoms with Crippen molar-refractivity contribution in [3.8, 4) is 0 Å². The predicted molar refractivity (Wildman–Crippen MR) is 110 cm³/mol. The number of aryl methyl sites for hydroxylation is 1. The first-order chi connectivity index (χ1) is 11.8. The van der Waals surface area contributed by atoms with Crippen LogP contribution < -0.4 is 0 Å². The summed E-state index contributed by atoms with van der Waals surface area (Å²) < 4.78 is 1.14. The van der Waals surface area contributed by atoms with Crippen molar-refractivity contribution in [3.05, 3.63) is 46.4 Å². The third-order valence-electron chi connectivity index (χ3n) is 4.98. The number of fused-ring (bicyclic) bond motifs is 3. The van der Waals surface area contributed by atoms with E-state index in [9.17, 15) is 0 Å². The smallest absolute Gasteiger partial charge is 0.0497 e. The third kappa shape index (κ3) is 4.22. The van der Waals surface area contributed by atoms with Gasteiger partial charge in [-0.1, -0.05) is 86.0 Å². The van der Waals surface area contributed by atoms with Gasteiger partial charge in [-0.25, -0.2) is 0 Å². The van der Waals surface area contributed by atoms with Crippen molar-refractivity contribution in [3.63, 3.8) is 0 Å². The van der Waals surface area contributed by atoms with Gasteiger partial charge in [-0.2, -0.15) is 0 Å². The molecule has 0 amide bonds. The number of hydrogen-bond acceptors (Lipinski definition) is 0. The van der Waals surface area contributed by atoms with Gasteiger partial charge in [0.1, 0.15) is 0 Å². The molecular weight excluding hydrogens is 358 g/mol. The van der Waals surface area contributed by atoms with E-state index in [0.717, 1.165) is 4.47 Å². The van der Waals surface area contributed by atoms with Gasteiger partial charge >= 0.3 is 0 Å². The molecule has 0 bridgehead atoms. The van der Waals surface area contributed by atoms with Gasteiger partial charge in [0.15, 0.2) is 0 Å². The molecule has 0 aliphatic heterocycles. The van der Waals surface area contributed by atoms with Gasteiger partial charge in [-0.05, 0) is 36.6 Å². The van der Waals surface area contributed by atoms with E-state index in [1.165, 1.54) is 85.2 Å². The van der Waals surface area contributed by atoms with E-state index in [4.69, 9.17) is 0 Å². The van der Waals surface area contributed by atoms with Gasteiger partial charge in [0.2, 0.25) is 0 Å². The normalized spacial score (nSPS) is 11.6. The predicted octanol–water partition coefficient (Wildman–Crippen LogP) is 7.77. The van der Waals surface area contributed by atoms with Crippen LogP contribution in [0.5, 0.6) is 0 Å². The Morgan fingerprint density at radius 2 is 1.58 bits per heavy atom. The number of rotatable bonds is 9. The molecule has 0 radical (unpaired) electrons. The maximum absolute atomic E-state index is 3.63. The second kappa shape index (κ2) is 8.71. The summed E-state index contributed by atoms with van der Waals surface area (Å²) in [4.78, 5) is 3.63. The average Bonchev–Trinajstić information content (AvgIpc) is 2.96. The molecule has 0 spiro atoms. The Morgan fingerprint density at radius 1 is 0.833 bits per heavy atom. The second-order valence-electron chi connectivity index (χ2n) is 6.88. The Morgan fingerprint density at radius 3 is 2.38 bits per heavy atom. The number of para-hydroxylation sites is 1. The fourth-order valence-electron chi connectivity index (χ4n) is 3.61. The van der Waals surface area contributed by atoms with Gasteiger partial charge in [-0.15, -0.1) is 0 Å². The van der Waals surface area contributed by atoms with Gasteiger partial charge in [0.25, 0.3) is 0 Å². The number of aromatic amines is 1. The molecule has 2 heteroatoms. The Bertz CT molecular complexity index is 787. The lowest BCUT2D eigenvalue weighted by atomic mass is 10.0. The van der Waals surface area contributed by atoms with Crippen molar-refractivity contribution in [2.75, 3.05) is 0 Å². The van der Waals surface area contributed by atoms with E-state index in [0.29, 0.717) is 0 Å². The van der Waals surface area contributed by atoms with Crippen LogP contribution in [0.4, 0.5) is 0 Å². The van der Waals surface area contributed by atoms with Crippen LogP contribution in [-0.2, 0) is 6.42 Å². The van der Waals surface area contributed by atoms with Crippen molar-refractivity contribution in [2.24, 2.45) is 0 Å². The lowest BCUT2D eigenvalue weighted by Gasteiger charge is -2.04. The third-order valence-corrected chi connectivity index (χ3v) is 5.48. The van der Waals surface area contributed by atoms with E-state index in [1.807, 2.05) is 0 Å². The first-order valence-electron chi connectivity index (χ1n) is 9.48. The molecule has 1 heterocycles. The van der Waals surface area contributed by atoms with E-state index in [2.05, 4.69) is 64.2 Å². The Hall–Kier alpha value is -1.28. The van der Waals surface area contributed by atoms with E-state index < -0.39 is 0 Å². The molecule has 0 atom stereocenters. The van der Waals surface area contributed by atoms with Gasteiger partial charge in [0.05, 0.1) is 0 Å². The molecule has 3 aromatic rings. The fourth-order valence-corrected chi connectivity index (χ4v) is 3.97. The van der Waals surface area contributed by atoms with Crippen LogP contribution in [0.25, 0.3) is 21.8 Å². The number of halogens is 1. The van der Waals surface area contributed by atoms with Crippen LogP contribution in [0.1, 0.15) is 63.9 Å². The summed E-state index contributed by atoms with van der Waals surface area (Å²) in [6, 6.07) is 13.2. The Kier molecular flexibility index (Phi) is 6.37. The zero-order valence-corrected chi connectivity index (χ0v) is 16.3. The maximum Gasteiger partial charge on any atom is 0.0497 e. The number of unbranched alkanes of at least 4 members (excludes halogenated alkanes) is 7. The highest BCUT2D eigenvalue weighted by atomic mass is 79.9. The van der Waals surface area contributed by atoms with Crippen LogP contribution in [0.3, 0.4) is 0 Å². The lowest BCUT2D eigenvalue weighted by Crippen LogP contribution is -1.88. The summed E-state index contributed by atoms with van der Waals surface area (Å²) in [6.07, 6.45) is 12.2. The minimum Gasteiger partial charge on any atom is -0.354 e. The summed E-state index contributed by atoms with van der Waals surface area (Å²) in [7, 11) is 0. The van der Waals surface area contributed by atoms with E-state index in [1.54, 1.807) is 0 Å². The highest BCUT2D eigenvalue weighted by molar-refractivity contribution is 9.10. The first-order valence-corrected chi connectivity index (χ1v) is 10.3. The molecule has 0 unspecified atom stereocenters. The molecule has 0 saturated carbocycles. The van der Waals surface area contributed by atoms with Crippen molar-refractivity contribution in [1.82, 2.24) is 4.98 Å². The molecule has 128 valence electrons. The number of nitrogens with one attached hydrogen (secondary N) is 1. The van der Waals surface area contributed by atoms with Gasteiger partial charge in [0, 0.05) is 26.3 Å². The van der Waals surface area contributed by atoms with Crippen LogP contribution in [0.2, 0.25) is 0 Å². The van der Waals surface area contributed by atoms with Crippen molar-refractivity contribution in [1.29, 1.82) is 0 Å². The summed E-state index contributed by atoms with van der Waals surface area (Å²) in [5, 5.41) is 2.67. The summed E-state index contributed by atoms with van der Waals surface area (Å²) in [5.74, 6) is 0. The minimum absolute atomic E-state index is 1.14. The fraction of sp³-hybridized carbons (Fsp3) is 0.455. The monoisotopic (exact) mass is 385 g/mol. The average molecular weight is 386 g/mol. The first kappa shape index (κ1) is 17.5. The highest BCUT2D eigenvalue weighted by Gasteiger charge is 2.08. The lowest BCUT2D eigenvalue weighted by molar-refractivity contribution is 0.576. The Balaban J connectivity index is 1.60. The molecule has 0 aliphatic carbocycles. The summed E-state index contributed by atoms with van der Waals surface area (Å²) in [5.41, 5.74) is 4.02. The number of benzene rings is 2. The van der Waals surface area contributed by atoms with Gasteiger partial charge < -0.3 is 4.98 Å². The molecule has 24 heavy (non-hydrogen) atoms. The standard InChI is InChI=1S/C22H28BrN/c1-2-3-4-5-6-7-8-9-11-17-12-10-13-19-20-16-18(23)14-15-21(20)24-22(17)19/h10,12-16,24H,2-9,11H2,1H3. The molecule has 0 aliphatic rings. The second-order valence-corrected chi connectivity index (χ2v) is 7.80. The van der Waals surface area contributed by atoms with E-state index >= 15 is 0 Å². The number of aromatic nitrogens is 1. The topological polar surface area (TPSA) is 15.8 Å². The van der Waals surface area contributed by atoms with E-state index in [-0.39, 0.29) is 0 Å². The molecule has 1 N–H and O–H groups in total. The zero-order valence-electron chi connectivity index (χ0n) is 14.7. The number of hydrogen-bond donors (Lipinski definition) is 1. The Labute approximate surface area is 154 Å². The van der Waals surface area contributed by atoms with Crippen LogP contribution >= 0.6 is 15.9 Å². The molecule has 1 aromatic heterocycles. The summed E-state index contributed by atoms with van der Waals surface area (Å²) >= 11 is 3.59. The van der Waals surface area contributed by atoms with Crippen molar-refractivity contribution in [2.45, 2.75) is 64.7 Å². The molecule has 3 rings (SSSR count). The van der Waals surface area contributed by atoms with Crippen LogP contribution in [0, 0.1) is 0 Å². The number of H-pyrrole nitrogens is 1. The zero-order chi connectivity index (χ0) is 16.8. The quantitative estimate of drug-likeness (QED) is 0.362. The molecule has 1 nitrogen and oxygen atoms in total. The molecule has 2 aromatic carbocycles. The van der Waals surface area contributed by atoms with Crippen molar-refractivity contribution >= 4 is 37.7 Å². The highest BCUT2D eigenvalue weighted by Crippen LogP contribution is 2.30. The molecule has 0 saturated heterocycles. The summed E-state index contributed by atoms with van der Waals surface area (Å²) in [6.45, 7) is 2.28. The minimum atomic E-state index is 1.14. The van der Waals surface area contributed by atoms with Crippen LogP contribution in [-0.4, -0.2) is 4.98 Å². The van der Waals surface area contributed by atoms with Gasteiger partial charge in [-0.3, -0.25) is 0 Å². The molecule has 0 fully saturated rings. The maximum atomic E-state index is 3.63. The SMILES string of the molecule is CCCCCCCCCCc1cccc2c1[nH]c1ccc(Br)cc12.